The van der Waals surface area contributed by atoms with Crippen molar-refractivity contribution in [3.05, 3.63) is 70.6 Å². The third-order valence-electron chi connectivity index (χ3n) is 3.43. The van der Waals surface area contributed by atoms with Crippen molar-refractivity contribution < 1.29 is 23.2 Å². The van der Waals surface area contributed by atoms with Gasteiger partial charge in [-0.2, -0.15) is 0 Å². The lowest BCUT2D eigenvalue weighted by Gasteiger charge is -2.12. The average molecular weight is 374 g/mol. The van der Waals surface area contributed by atoms with Crippen LogP contribution in [0.1, 0.15) is 5.56 Å². The summed E-state index contributed by atoms with van der Waals surface area (Å²) in [6.07, 6.45) is 1.39. The third-order valence-corrected chi connectivity index (χ3v) is 4.34. The van der Waals surface area contributed by atoms with Crippen LogP contribution in [-0.4, -0.2) is 28.5 Å². The zero-order valence-electron chi connectivity index (χ0n) is 13.2. The fraction of sp³-hybridized carbons (Fsp3) is 0.0556. The first kappa shape index (κ1) is 17.8. The number of benzene rings is 2. The summed E-state index contributed by atoms with van der Waals surface area (Å²) in [5.41, 5.74) is 0.650. The van der Waals surface area contributed by atoms with E-state index in [0.717, 1.165) is 11.0 Å². The van der Waals surface area contributed by atoms with Gasteiger partial charge in [-0.15, -0.1) is 0 Å². The number of hydrogen-bond acceptors (Lipinski definition) is 4. The zero-order chi connectivity index (χ0) is 18.7. The Morgan fingerprint density at radius 2 is 1.77 bits per heavy atom. The number of hydrogen-bond donors (Lipinski definition) is 1. The number of carbonyl (C=O) groups is 3. The first-order valence-corrected chi connectivity index (χ1v) is 8.30. The van der Waals surface area contributed by atoms with Gasteiger partial charge in [-0.25, -0.2) is 8.78 Å². The highest BCUT2D eigenvalue weighted by molar-refractivity contribution is 8.18. The monoisotopic (exact) mass is 374 g/mol. The van der Waals surface area contributed by atoms with E-state index in [1.807, 2.05) is 0 Å². The first-order valence-electron chi connectivity index (χ1n) is 7.49. The molecule has 0 atom stereocenters. The molecule has 1 fully saturated rings. The standard InChI is InChI=1S/C18H12F2N2O3S/c19-12-4-1-3-11(7-12)8-15-17(24)22(18(25)26-15)10-16(23)21-14-6-2-5-13(20)9-14/h1-9H,10H2,(H,21,23)/b15-8+. The lowest BCUT2D eigenvalue weighted by atomic mass is 10.2. The summed E-state index contributed by atoms with van der Waals surface area (Å²) in [7, 11) is 0. The number of carbonyl (C=O) groups excluding carboxylic acids is 3. The molecule has 3 rings (SSSR count). The summed E-state index contributed by atoms with van der Waals surface area (Å²) in [5.74, 6) is -2.26. The summed E-state index contributed by atoms with van der Waals surface area (Å²) in [6, 6.07) is 10.8. The quantitative estimate of drug-likeness (QED) is 0.830. The van der Waals surface area contributed by atoms with Crippen LogP contribution in [-0.2, 0) is 9.59 Å². The fourth-order valence-corrected chi connectivity index (χ4v) is 3.13. The van der Waals surface area contributed by atoms with Crippen LogP contribution in [0.25, 0.3) is 6.08 Å². The highest BCUT2D eigenvalue weighted by atomic mass is 32.2. The smallest absolute Gasteiger partial charge is 0.294 e. The second kappa shape index (κ2) is 7.49. The number of amides is 3. The molecule has 1 aliphatic heterocycles. The second-order valence-electron chi connectivity index (χ2n) is 5.38. The highest BCUT2D eigenvalue weighted by Gasteiger charge is 2.36. The van der Waals surface area contributed by atoms with Gasteiger partial charge in [0.1, 0.15) is 18.2 Å². The predicted octanol–water partition coefficient (Wildman–Crippen LogP) is 3.64. The predicted molar refractivity (Wildman–Crippen MR) is 94.1 cm³/mol. The van der Waals surface area contributed by atoms with Crippen molar-refractivity contribution in [1.82, 2.24) is 4.90 Å². The number of halogens is 2. The van der Waals surface area contributed by atoms with Crippen LogP contribution in [0.3, 0.4) is 0 Å². The Bertz CT molecular complexity index is 930. The first-order chi connectivity index (χ1) is 12.4. The molecule has 3 amide bonds. The van der Waals surface area contributed by atoms with E-state index >= 15 is 0 Å². The summed E-state index contributed by atoms with van der Waals surface area (Å²) < 4.78 is 26.3. The molecule has 2 aromatic carbocycles. The van der Waals surface area contributed by atoms with E-state index in [2.05, 4.69) is 5.32 Å². The molecular formula is C18H12F2N2O3S. The van der Waals surface area contributed by atoms with Crippen molar-refractivity contribution in [3.63, 3.8) is 0 Å². The highest BCUT2D eigenvalue weighted by Crippen LogP contribution is 2.32. The van der Waals surface area contributed by atoms with Crippen molar-refractivity contribution in [3.8, 4) is 0 Å². The van der Waals surface area contributed by atoms with E-state index in [1.54, 1.807) is 6.07 Å². The minimum absolute atomic E-state index is 0.0964. The molecule has 1 N–H and O–H groups in total. The maximum atomic E-state index is 13.2. The van der Waals surface area contributed by atoms with Gasteiger partial charge in [0, 0.05) is 5.69 Å². The number of anilines is 1. The van der Waals surface area contributed by atoms with E-state index < -0.39 is 35.2 Å². The minimum Gasteiger partial charge on any atom is -0.324 e. The van der Waals surface area contributed by atoms with E-state index in [9.17, 15) is 23.2 Å². The molecule has 26 heavy (non-hydrogen) atoms. The van der Waals surface area contributed by atoms with E-state index in [0.29, 0.717) is 17.3 Å². The number of thioether (sulfide) groups is 1. The molecule has 5 nitrogen and oxygen atoms in total. The molecule has 1 saturated heterocycles. The van der Waals surface area contributed by atoms with Crippen LogP contribution in [0.5, 0.6) is 0 Å². The number of nitrogens with zero attached hydrogens (tertiary/aromatic N) is 1. The van der Waals surface area contributed by atoms with Gasteiger partial charge in [0.25, 0.3) is 11.1 Å². The van der Waals surface area contributed by atoms with Gasteiger partial charge in [0.2, 0.25) is 5.91 Å². The third kappa shape index (κ3) is 4.15. The normalized spacial score (nSPS) is 15.6. The molecule has 2 aromatic rings. The van der Waals surface area contributed by atoms with Crippen LogP contribution in [0, 0.1) is 11.6 Å². The van der Waals surface area contributed by atoms with Crippen molar-refractivity contribution in [1.29, 1.82) is 0 Å². The molecule has 0 bridgehead atoms. The Balaban J connectivity index is 1.70. The topological polar surface area (TPSA) is 66.5 Å². The van der Waals surface area contributed by atoms with Gasteiger partial charge in [0.05, 0.1) is 4.91 Å². The maximum Gasteiger partial charge on any atom is 0.294 e. The van der Waals surface area contributed by atoms with Crippen LogP contribution in [0.4, 0.5) is 19.3 Å². The van der Waals surface area contributed by atoms with Crippen molar-refractivity contribution in [2.45, 2.75) is 0 Å². The number of nitrogens with one attached hydrogen (secondary N) is 1. The lowest BCUT2D eigenvalue weighted by molar-refractivity contribution is -0.127. The fourth-order valence-electron chi connectivity index (χ4n) is 2.29. The number of imide groups is 1. The Kier molecular flexibility index (Phi) is 5.13. The van der Waals surface area contributed by atoms with E-state index in [-0.39, 0.29) is 10.6 Å². The molecule has 1 aliphatic rings. The van der Waals surface area contributed by atoms with Gasteiger partial charge in [-0.3, -0.25) is 19.3 Å². The van der Waals surface area contributed by atoms with Gasteiger partial charge in [-0.05, 0) is 53.7 Å². The maximum absolute atomic E-state index is 13.2. The summed E-state index contributed by atoms with van der Waals surface area (Å²) in [6.45, 7) is -0.498. The molecule has 0 radical (unpaired) electrons. The molecular weight excluding hydrogens is 362 g/mol. The van der Waals surface area contributed by atoms with Crippen LogP contribution in [0.2, 0.25) is 0 Å². The SMILES string of the molecule is O=C(CN1C(=O)S/C(=C/c2cccc(F)c2)C1=O)Nc1cccc(F)c1. The number of rotatable bonds is 4. The van der Waals surface area contributed by atoms with Crippen molar-refractivity contribution >= 4 is 40.6 Å². The molecule has 0 spiro atoms. The second-order valence-corrected chi connectivity index (χ2v) is 6.37. The Morgan fingerprint density at radius 1 is 1.08 bits per heavy atom. The summed E-state index contributed by atoms with van der Waals surface area (Å²) >= 11 is 0.669. The molecule has 0 saturated carbocycles. The van der Waals surface area contributed by atoms with E-state index in [4.69, 9.17) is 0 Å². The zero-order valence-corrected chi connectivity index (χ0v) is 14.1. The van der Waals surface area contributed by atoms with Crippen LogP contribution >= 0.6 is 11.8 Å². The molecule has 0 unspecified atom stereocenters. The minimum atomic E-state index is -0.640. The van der Waals surface area contributed by atoms with Gasteiger partial charge >= 0.3 is 0 Å². The van der Waals surface area contributed by atoms with Gasteiger partial charge < -0.3 is 5.32 Å². The van der Waals surface area contributed by atoms with E-state index in [1.165, 1.54) is 42.5 Å². The van der Waals surface area contributed by atoms with Crippen LogP contribution < -0.4 is 5.32 Å². The Hall–Kier alpha value is -3.00. The van der Waals surface area contributed by atoms with Crippen LogP contribution in [0.15, 0.2) is 53.4 Å². The Labute approximate surface area is 151 Å². The van der Waals surface area contributed by atoms with Gasteiger partial charge in [0.15, 0.2) is 0 Å². The average Bonchev–Trinajstić information content (AvgIpc) is 2.82. The molecule has 132 valence electrons. The molecule has 1 heterocycles. The van der Waals surface area contributed by atoms with Crippen molar-refractivity contribution in [2.75, 3.05) is 11.9 Å². The lowest BCUT2D eigenvalue weighted by Crippen LogP contribution is -2.36. The van der Waals surface area contributed by atoms with Gasteiger partial charge in [-0.1, -0.05) is 18.2 Å². The van der Waals surface area contributed by atoms with Crippen molar-refractivity contribution in [2.24, 2.45) is 0 Å². The molecule has 0 aromatic heterocycles. The largest absolute Gasteiger partial charge is 0.324 e. The Morgan fingerprint density at radius 3 is 2.46 bits per heavy atom. The molecule has 8 heteroatoms. The molecule has 0 aliphatic carbocycles. The summed E-state index contributed by atoms with van der Waals surface area (Å²) in [5, 5.41) is 1.81. The summed E-state index contributed by atoms with van der Waals surface area (Å²) in [4.78, 5) is 37.2.